The Bertz CT molecular complexity index is 812. The SMILES string of the molecule is CCCCC/C=C\C/C=C\CCCCCCCCCCCC(=O)OC(CO)COC(=O)CCCCCCC/C=C\C/C=C\CCCCC. The standard InChI is InChI=1S/C43H76O5/c1-3-5-7-9-11-13-15-17-19-20-21-22-24-26-28-30-32-34-36-38-43(46)48-41(39-44)40-47-42(45)37-35-33-31-29-27-25-23-18-16-14-12-10-8-6-4-2/h11-14,17-19,23,41,44H,3-10,15-16,20-22,24-40H2,1-2H3/b13-11-,14-12-,19-17-,23-18-. The molecule has 1 N–H and O–H groups in total. The summed E-state index contributed by atoms with van der Waals surface area (Å²) >= 11 is 0. The molecule has 0 heterocycles. The van der Waals surface area contributed by atoms with Gasteiger partial charge in [-0.15, -0.1) is 0 Å². The first kappa shape index (κ1) is 45.9. The van der Waals surface area contributed by atoms with Crippen LogP contribution in [0.3, 0.4) is 0 Å². The Labute approximate surface area is 297 Å². The molecule has 5 nitrogen and oxygen atoms in total. The van der Waals surface area contributed by atoms with E-state index in [0.29, 0.717) is 12.8 Å². The zero-order chi connectivity index (χ0) is 35.0. The van der Waals surface area contributed by atoms with E-state index in [0.717, 1.165) is 57.8 Å². The molecule has 278 valence electrons. The van der Waals surface area contributed by atoms with Crippen molar-refractivity contribution in [3.05, 3.63) is 48.6 Å². The topological polar surface area (TPSA) is 72.8 Å². The Hall–Kier alpha value is -2.14. The van der Waals surface area contributed by atoms with Crippen molar-refractivity contribution in [2.75, 3.05) is 13.2 Å². The van der Waals surface area contributed by atoms with Crippen LogP contribution < -0.4 is 0 Å². The molecule has 0 aromatic heterocycles. The van der Waals surface area contributed by atoms with Gasteiger partial charge in [0.25, 0.3) is 0 Å². The maximum absolute atomic E-state index is 12.2. The maximum atomic E-state index is 12.2. The fourth-order valence-electron chi connectivity index (χ4n) is 5.50. The average molecular weight is 673 g/mol. The molecular weight excluding hydrogens is 596 g/mol. The van der Waals surface area contributed by atoms with Crippen LogP contribution in [0.1, 0.15) is 194 Å². The number of esters is 2. The summed E-state index contributed by atoms with van der Waals surface area (Å²) in [7, 11) is 0. The smallest absolute Gasteiger partial charge is 0.306 e. The van der Waals surface area contributed by atoms with E-state index in [2.05, 4.69) is 62.5 Å². The molecule has 0 rings (SSSR count). The highest BCUT2D eigenvalue weighted by Crippen LogP contribution is 2.13. The number of unbranched alkanes of at least 4 members (excludes halogenated alkanes) is 20. The van der Waals surface area contributed by atoms with Crippen LogP contribution in [-0.2, 0) is 19.1 Å². The van der Waals surface area contributed by atoms with Crippen molar-refractivity contribution in [3.63, 3.8) is 0 Å². The van der Waals surface area contributed by atoms with Crippen LogP contribution in [0.2, 0.25) is 0 Å². The van der Waals surface area contributed by atoms with Gasteiger partial charge in [-0.1, -0.05) is 152 Å². The third-order valence-electron chi connectivity index (χ3n) is 8.60. The first-order valence-corrected chi connectivity index (χ1v) is 20.2. The van der Waals surface area contributed by atoms with Gasteiger partial charge in [0, 0.05) is 12.8 Å². The molecule has 0 bridgehead atoms. The lowest BCUT2D eigenvalue weighted by Crippen LogP contribution is -2.28. The molecule has 0 saturated carbocycles. The molecule has 0 aliphatic carbocycles. The summed E-state index contributed by atoms with van der Waals surface area (Å²) in [5.41, 5.74) is 0. The van der Waals surface area contributed by atoms with E-state index >= 15 is 0 Å². The second-order valence-electron chi connectivity index (χ2n) is 13.4. The molecule has 0 radical (unpaired) electrons. The molecule has 0 fully saturated rings. The molecule has 1 unspecified atom stereocenters. The normalized spacial score (nSPS) is 12.6. The van der Waals surface area contributed by atoms with E-state index in [-0.39, 0.29) is 25.2 Å². The minimum atomic E-state index is -0.779. The zero-order valence-electron chi connectivity index (χ0n) is 31.5. The van der Waals surface area contributed by atoms with E-state index in [4.69, 9.17) is 9.47 Å². The number of allylic oxidation sites excluding steroid dienone is 8. The van der Waals surface area contributed by atoms with Gasteiger partial charge in [-0.2, -0.15) is 0 Å². The summed E-state index contributed by atoms with van der Waals surface area (Å²) in [6.07, 6.45) is 48.8. The van der Waals surface area contributed by atoms with E-state index in [1.54, 1.807) is 0 Å². The summed E-state index contributed by atoms with van der Waals surface area (Å²) in [6.45, 7) is 4.07. The summed E-state index contributed by atoms with van der Waals surface area (Å²) in [6, 6.07) is 0. The molecule has 0 spiro atoms. The van der Waals surface area contributed by atoms with Crippen LogP contribution in [0.15, 0.2) is 48.6 Å². The largest absolute Gasteiger partial charge is 0.462 e. The fourth-order valence-corrected chi connectivity index (χ4v) is 5.50. The van der Waals surface area contributed by atoms with Gasteiger partial charge >= 0.3 is 11.9 Å². The summed E-state index contributed by atoms with van der Waals surface area (Å²) in [4.78, 5) is 24.3. The Morgan fingerprint density at radius 2 is 0.833 bits per heavy atom. The first-order chi connectivity index (χ1) is 23.6. The second kappa shape index (κ2) is 39.3. The summed E-state index contributed by atoms with van der Waals surface area (Å²) in [5.74, 6) is -0.612. The van der Waals surface area contributed by atoms with Gasteiger partial charge in [0.15, 0.2) is 6.10 Å². The minimum absolute atomic E-state index is 0.0752. The quantitative estimate of drug-likeness (QED) is 0.0407. The molecule has 0 aromatic carbocycles. The van der Waals surface area contributed by atoms with Crippen molar-refractivity contribution in [1.29, 1.82) is 0 Å². The number of ether oxygens (including phenoxy) is 2. The molecule has 0 amide bonds. The van der Waals surface area contributed by atoms with Gasteiger partial charge in [0.2, 0.25) is 0 Å². The predicted octanol–water partition coefficient (Wildman–Crippen LogP) is 12.6. The van der Waals surface area contributed by atoms with E-state index in [1.165, 1.54) is 109 Å². The predicted molar refractivity (Wildman–Crippen MR) is 205 cm³/mol. The first-order valence-electron chi connectivity index (χ1n) is 20.2. The van der Waals surface area contributed by atoms with Crippen molar-refractivity contribution < 1.29 is 24.2 Å². The lowest BCUT2D eigenvalue weighted by molar-refractivity contribution is -0.161. The summed E-state index contributed by atoms with van der Waals surface area (Å²) < 4.78 is 10.6. The van der Waals surface area contributed by atoms with Crippen LogP contribution in [0, 0.1) is 0 Å². The lowest BCUT2D eigenvalue weighted by atomic mass is 10.1. The number of aliphatic hydroxyl groups excluding tert-OH is 1. The highest BCUT2D eigenvalue weighted by molar-refractivity contribution is 5.70. The van der Waals surface area contributed by atoms with Crippen molar-refractivity contribution >= 4 is 11.9 Å². The highest BCUT2D eigenvalue weighted by Gasteiger charge is 2.16. The Balaban J connectivity index is 3.58. The van der Waals surface area contributed by atoms with Crippen LogP contribution in [0.4, 0.5) is 0 Å². The Morgan fingerprint density at radius 3 is 1.23 bits per heavy atom. The van der Waals surface area contributed by atoms with Gasteiger partial charge in [-0.05, 0) is 77.0 Å². The van der Waals surface area contributed by atoms with Gasteiger partial charge < -0.3 is 14.6 Å². The van der Waals surface area contributed by atoms with Gasteiger partial charge in [-0.25, -0.2) is 0 Å². The molecule has 0 aliphatic rings. The number of hydrogen-bond acceptors (Lipinski definition) is 5. The van der Waals surface area contributed by atoms with Gasteiger partial charge in [0.1, 0.15) is 6.61 Å². The van der Waals surface area contributed by atoms with Crippen LogP contribution in [0.25, 0.3) is 0 Å². The lowest BCUT2D eigenvalue weighted by Gasteiger charge is -2.15. The monoisotopic (exact) mass is 673 g/mol. The van der Waals surface area contributed by atoms with E-state index in [1.807, 2.05) is 0 Å². The van der Waals surface area contributed by atoms with E-state index < -0.39 is 6.10 Å². The van der Waals surface area contributed by atoms with Crippen LogP contribution >= 0.6 is 0 Å². The van der Waals surface area contributed by atoms with Crippen molar-refractivity contribution in [1.82, 2.24) is 0 Å². The van der Waals surface area contributed by atoms with Crippen LogP contribution in [-0.4, -0.2) is 36.4 Å². The molecule has 48 heavy (non-hydrogen) atoms. The number of hydrogen-bond donors (Lipinski definition) is 1. The minimum Gasteiger partial charge on any atom is -0.462 e. The average Bonchev–Trinajstić information content (AvgIpc) is 3.09. The Morgan fingerprint density at radius 1 is 0.479 bits per heavy atom. The number of carbonyl (C=O) groups excluding carboxylic acids is 2. The number of aliphatic hydroxyl groups is 1. The van der Waals surface area contributed by atoms with Crippen molar-refractivity contribution in [2.45, 2.75) is 200 Å². The molecule has 0 aliphatic heterocycles. The third-order valence-corrected chi connectivity index (χ3v) is 8.60. The fraction of sp³-hybridized carbons (Fsp3) is 0.767. The van der Waals surface area contributed by atoms with Gasteiger partial charge in [-0.3, -0.25) is 9.59 Å². The highest BCUT2D eigenvalue weighted by atomic mass is 16.6. The van der Waals surface area contributed by atoms with E-state index in [9.17, 15) is 14.7 Å². The number of rotatable bonds is 36. The van der Waals surface area contributed by atoms with Gasteiger partial charge in [0.05, 0.1) is 6.61 Å². The second-order valence-corrected chi connectivity index (χ2v) is 13.4. The van der Waals surface area contributed by atoms with Crippen LogP contribution in [0.5, 0.6) is 0 Å². The van der Waals surface area contributed by atoms with Crippen molar-refractivity contribution in [2.24, 2.45) is 0 Å². The van der Waals surface area contributed by atoms with Crippen molar-refractivity contribution in [3.8, 4) is 0 Å². The maximum Gasteiger partial charge on any atom is 0.306 e. The molecule has 0 saturated heterocycles. The molecule has 0 aromatic rings. The molecule has 5 heteroatoms. The number of carbonyl (C=O) groups is 2. The third kappa shape index (κ3) is 36.7. The summed E-state index contributed by atoms with van der Waals surface area (Å²) in [5, 5.41) is 9.56. The molecular formula is C43H76O5. The zero-order valence-corrected chi connectivity index (χ0v) is 31.5. The molecule has 1 atom stereocenters. The Kier molecular flexibility index (Phi) is 37.5.